The summed E-state index contributed by atoms with van der Waals surface area (Å²) in [6.45, 7) is 6.69. The maximum Gasteiger partial charge on any atom is 0.135 e. The smallest absolute Gasteiger partial charge is 0.135 e. The second kappa shape index (κ2) is 6.91. The minimum absolute atomic E-state index is 0.407. The maximum atomic E-state index is 4.51. The first-order chi connectivity index (χ1) is 9.67. The molecule has 0 radical (unpaired) electrons. The highest BCUT2D eigenvalue weighted by atomic mass is 15.1. The van der Waals surface area contributed by atoms with Crippen LogP contribution in [0.2, 0.25) is 0 Å². The Morgan fingerprint density at radius 3 is 2.55 bits per heavy atom. The summed E-state index contributed by atoms with van der Waals surface area (Å²) in [7, 11) is 1.92. The minimum atomic E-state index is 0.407. The molecule has 1 aromatic heterocycles. The molecule has 2 unspecified atom stereocenters. The van der Waals surface area contributed by atoms with Crippen LogP contribution in [0.25, 0.3) is 0 Å². The van der Waals surface area contributed by atoms with E-state index in [9.17, 15) is 0 Å². The molecule has 1 aliphatic rings. The molecule has 0 bridgehead atoms. The van der Waals surface area contributed by atoms with Crippen LogP contribution in [0, 0.1) is 5.92 Å². The molecule has 0 saturated heterocycles. The summed E-state index contributed by atoms with van der Waals surface area (Å²) >= 11 is 0. The molecule has 112 valence electrons. The molecule has 2 atom stereocenters. The molecule has 1 heterocycles. The first kappa shape index (κ1) is 15.1. The fourth-order valence-corrected chi connectivity index (χ4v) is 3.32. The summed E-state index contributed by atoms with van der Waals surface area (Å²) in [4.78, 5) is 8.86. The lowest BCUT2D eigenvalue weighted by atomic mass is 9.83. The Kier molecular flexibility index (Phi) is 5.21. The van der Waals surface area contributed by atoms with E-state index in [0.717, 1.165) is 17.6 Å². The van der Waals surface area contributed by atoms with Crippen molar-refractivity contribution in [1.82, 2.24) is 9.97 Å². The summed E-state index contributed by atoms with van der Waals surface area (Å²) in [6, 6.07) is 0.561. The fraction of sp³-hybridized carbons (Fsp3) is 0.750. The molecule has 0 amide bonds. The molecule has 0 aliphatic heterocycles. The number of nitrogens with one attached hydrogen (secondary N) is 2. The quantitative estimate of drug-likeness (QED) is 0.852. The van der Waals surface area contributed by atoms with Crippen LogP contribution in [0.3, 0.4) is 0 Å². The van der Waals surface area contributed by atoms with Crippen molar-refractivity contribution in [3.63, 3.8) is 0 Å². The van der Waals surface area contributed by atoms with E-state index in [1.165, 1.54) is 37.7 Å². The standard InChI is InChI=1S/C16H28N4/c1-5-12-8-6-7-9-13(12)20-16-14(11(2)3)15(17-4)18-10-19-16/h10-13H,5-9H2,1-4H3,(H2,17,18,19,20). The average molecular weight is 276 g/mol. The van der Waals surface area contributed by atoms with E-state index in [0.29, 0.717) is 12.0 Å². The Labute approximate surface area is 122 Å². The number of anilines is 2. The SMILES string of the molecule is CCC1CCCCC1Nc1ncnc(NC)c1C(C)C. The van der Waals surface area contributed by atoms with Crippen LogP contribution in [-0.2, 0) is 0 Å². The van der Waals surface area contributed by atoms with E-state index < -0.39 is 0 Å². The van der Waals surface area contributed by atoms with Crippen LogP contribution in [0.15, 0.2) is 6.33 Å². The average Bonchev–Trinajstić information content (AvgIpc) is 2.47. The third-order valence-corrected chi connectivity index (χ3v) is 4.45. The van der Waals surface area contributed by atoms with Crippen molar-refractivity contribution in [3.05, 3.63) is 11.9 Å². The third kappa shape index (κ3) is 3.22. The molecule has 0 spiro atoms. The monoisotopic (exact) mass is 276 g/mol. The highest BCUT2D eigenvalue weighted by Gasteiger charge is 2.25. The van der Waals surface area contributed by atoms with E-state index in [2.05, 4.69) is 41.4 Å². The van der Waals surface area contributed by atoms with Crippen LogP contribution >= 0.6 is 0 Å². The van der Waals surface area contributed by atoms with Gasteiger partial charge in [0.05, 0.1) is 0 Å². The Balaban J connectivity index is 2.23. The zero-order valence-electron chi connectivity index (χ0n) is 13.2. The van der Waals surface area contributed by atoms with E-state index in [4.69, 9.17) is 0 Å². The lowest BCUT2D eigenvalue weighted by molar-refractivity contribution is 0.316. The van der Waals surface area contributed by atoms with Gasteiger partial charge < -0.3 is 10.6 Å². The van der Waals surface area contributed by atoms with Gasteiger partial charge in [-0.25, -0.2) is 9.97 Å². The summed E-state index contributed by atoms with van der Waals surface area (Å²) in [5, 5.41) is 6.90. The normalized spacial score (nSPS) is 22.9. The zero-order chi connectivity index (χ0) is 14.5. The predicted molar refractivity (Wildman–Crippen MR) is 85.3 cm³/mol. The third-order valence-electron chi connectivity index (χ3n) is 4.45. The first-order valence-corrected chi connectivity index (χ1v) is 7.96. The Bertz CT molecular complexity index is 430. The first-order valence-electron chi connectivity index (χ1n) is 7.96. The van der Waals surface area contributed by atoms with Gasteiger partial charge in [-0.05, 0) is 24.7 Å². The van der Waals surface area contributed by atoms with Crippen molar-refractivity contribution < 1.29 is 0 Å². The highest BCUT2D eigenvalue weighted by Crippen LogP contribution is 2.33. The van der Waals surface area contributed by atoms with Crippen molar-refractivity contribution in [2.75, 3.05) is 17.7 Å². The molecule has 4 heteroatoms. The molecule has 2 rings (SSSR count). The highest BCUT2D eigenvalue weighted by molar-refractivity contribution is 5.59. The molecule has 2 N–H and O–H groups in total. The largest absolute Gasteiger partial charge is 0.373 e. The summed E-state index contributed by atoms with van der Waals surface area (Å²) in [6.07, 6.45) is 8.21. The van der Waals surface area contributed by atoms with E-state index in [1.54, 1.807) is 6.33 Å². The lowest BCUT2D eigenvalue weighted by Crippen LogP contribution is -2.32. The number of nitrogens with zero attached hydrogens (tertiary/aromatic N) is 2. The number of hydrogen-bond donors (Lipinski definition) is 2. The Hall–Kier alpha value is -1.32. The maximum absolute atomic E-state index is 4.51. The molecular weight excluding hydrogens is 248 g/mol. The second-order valence-electron chi connectivity index (χ2n) is 6.09. The zero-order valence-corrected chi connectivity index (χ0v) is 13.2. The van der Waals surface area contributed by atoms with Gasteiger partial charge in [-0.3, -0.25) is 0 Å². The number of rotatable bonds is 5. The predicted octanol–water partition coefficient (Wildman–Crippen LogP) is 4.02. The van der Waals surface area contributed by atoms with Crippen molar-refractivity contribution in [2.24, 2.45) is 5.92 Å². The second-order valence-corrected chi connectivity index (χ2v) is 6.09. The van der Waals surface area contributed by atoms with Gasteiger partial charge in [0, 0.05) is 18.7 Å². The van der Waals surface area contributed by atoms with Gasteiger partial charge in [0.15, 0.2) is 0 Å². The van der Waals surface area contributed by atoms with Gasteiger partial charge in [-0.2, -0.15) is 0 Å². The summed E-state index contributed by atoms with van der Waals surface area (Å²) < 4.78 is 0. The van der Waals surface area contributed by atoms with Gasteiger partial charge >= 0.3 is 0 Å². The van der Waals surface area contributed by atoms with Crippen molar-refractivity contribution in [3.8, 4) is 0 Å². The van der Waals surface area contributed by atoms with Gasteiger partial charge in [-0.1, -0.05) is 40.0 Å². The van der Waals surface area contributed by atoms with Crippen LogP contribution < -0.4 is 10.6 Å². The molecule has 1 aliphatic carbocycles. The van der Waals surface area contributed by atoms with Gasteiger partial charge in [-0.15, -0.1) is 0 Å². The van der Waals surface area contributed by atoms with Crippen LogP contribution in [0.4, 0.5) is 11.6 Å². The van der Waals surface area contributed by atoms with Crippen molar-refractivity contribution in [1.29, 1.82) is 0 Å². The van der Waals surface area contributed by atoms with E-state index in [1.807, 2.05) is 7.05 Å². The van der Waals surface area contributed by atoms with Gasteiger partial charge in [0.2, 0.25) is 0 Å². The summed E-state index contributed by atoms with van der Waals surface area (Å²) in [5.74, 6) is 3.15. The number of aromatic nitrogens is 2. The van der Waals surface area contributed by atoms with Crippen molar-refractivity contribution >= 4 is 11.6 Å². The Morgan fingerprint density at radius 1 is 1.20 bits per heavy atom. The molecule has 0 aromatic carbocycles. The molecule has 20 heavy (non-hydrogen) atoms. The van der Waals surface area contributed by atoms with Crippen LogP contribution in [-0.4, -0.2) is 23.1 Å². The topological polar surface area (TPSA) is 49.8 Å². The summed E-state index contributed by atoms with van der Waals surface area (Å²) in [5.41, 5.74) is 1.20. The van der Waals surface area contributed by atoms with Crippen LogP contribution in [0.5, 0.6) is 0 Å². The molecular formula is C16H28N4. The van der Waals surface area contributed by atoms with E-state index in [-0.39, 0.29) is 0 Å². The molecule has 1 saturated carbocycles. The van der Waals surface area contributed by atoms with Crippen molar-refractivity contribution in [2.45, 2.75) is 64.8 Å². The minimum Gasteiger partial charge on any atom is -0.373 e. The number of hydrogen-bond acceptors (Lipinski definition) is 4. The van der Waals surface area contributed by atoms with Crippen LogP contribution in [0.1, 0.15) is 64.4 Å². The fourth-order valence-electron chi connectivity index (χ4n) is 3.32. The van der Waals surface area contributed by atoms with E-state index >= 15 is 0 Å². The Morgan fingerprint density at radius 2 is 1.90 bits per heavy atom. The van der Waals surface area contributed by atoms with Gasteiger partial charge in [0.1, 0.15) is 18.0 Å². The molecule has 1 aromatic rings. The molecule has 4 nitrogen and oxygen atoms in total. The lowest BCUT2D eigenvalue weighted by Gasteiger charge is -2.32. The molecule has 1 fully saturated rings. The van der Waals surface area contributed by atoms with Gasteiger partial charge in [0.25, 0.3) is 0 Å².